The summed E-state index contributed by atoms with van der Waals surface area (Å²) in [6.45, 7) is 4.43. The van der Waals surface area contributed by atoms with E-state index in [1.807, 2.05) is 37.3 Å². The Labute approximate surface area is 165 Å². The third-order valence-corrected chi connectivity index (χ3v) is 3.92. The number of benzene rings is 2. The van der Waals surface area contributed by atoms with Crippen molar-refractivity contribution in [2.75, 3.05) is 20.8 Å². The molecule has 1 amide bonds. The highest BCUT2D eigenvalue weighted by atomic mass is 16.6. The van der Waals surface area contributed by atoms with Gasteiger partial charge >= 0.3 is 0 Å². The highest BCUT2D eigenvalue weighted by Crippen LogP contribution is 2.27. The average molecular weight is 386 g/mol. The van der Waals surface area contributed by atoms with E-state index in [0.29, 0.717) is 24.7 Å². The molecule has 0 radical (unpaired) electrons. The summed E-state index contributed by atoms with van der Waals surface area (Å²) < 4.78 is 16.0. The molecular formula is C21H26N2O5. The number of carbonyl (C=O) groups excluding carboxylic acids is 1. The standard InChI is InChI=1S/C21H26N2O5/c1-5-27-19-11-10-16(12-20(19)26-4)13-23-28-15(2)21(24)22-14-17-8-6-7-9-18(17)25-3/h6-13,15H,5,14H2,1-4H3,(H,22,24)/b23-13+. The molecule has 2 aromatic rings. The van der Waals surface area contributed by atoms with Crippen molar-refractivity contribution < 1.29 is 23.8 Å². The number of nitrogens with one attached hydrogen (secondary N) is 1. The lowest BCUT2D eigenvalue weighted by Gasteiger charge is -2.12. The highest BCUT2D eigenvalue weighted by molar-refractivity contribution is 5.82. The van der Waals surface area contributed by atoms with Gasteiger partial charge in [0.1, 0.15) is 5.75 Å². The van der Waals surface area contributed by atoms with Crippen LogP contribution in [0.15, 0.2) is 47.6 Å². The van der Waals surface area contributed by atoms with Crippen LogP contribution < -0.4 is 19.5 Å². The van der Waals surface area contributed by atoms with Crippen molar-refractivity contribution in [1.29, 1.82) is 0 Å². The third-order valence-electron chi connectivity index (χ3n) is 3.92. The maximum absolute atomic E-state index is 12.2. The zero-order valence-electron chi connectivity index (χ0n) is 16.6. The van der Waals surface area contributed by atoms with Gasteiger partial charge in [0.15, 0.2) is 11.5 Å². The van der Waals surface area contributed by atoms with E-state index in [-0.39, 0.29) is 5.91 Å². The molecule has 7 nitrogen and oxygen atoms in total. The van der Waals surface area contributed by atoms with E-state index in [4.69, 9.17) is 19.0 Å². The van der Waals surface area contributed by atoms with Gasteiger partial charge < -0.3 is 24.4 Å². The number of rotatable bonds is 10. The Morgan fingerprint density at radius 1 is 1.11 bits per heavy atom. The van der Waals surface area contributed by atoms with E-state index in [9.17, 15) is 4.79 Å². The number of oxime groups is 1. The fourth-order valence-electron chi connectivity index (χ4n) is 2.44. The molecule has 1 N–H and O–H groups in total. The van der Waals surface area contributed by atoms with E-state index in [2.05, 4.69) is 10.5 Å². The number of nitrogens with zero attached hydrogens (tertiary/aromatic N) is 1. The second-order valence-corrected chi connectivity index (χ2v) is 5.86. The van der Waals surface area contributed by atoms with E-state index in [0.717, 1.165) is 16.9 Å². The fourth-order valence-corrected chi connectivity index (χ4v) is 2.44. The van der Waals surface area contributed by atoms with Gasteiger partial charge in [0.05, 0.1) is 27.0 Å². The normalized spacial score (nSPS) is 11.7. The Morgan fingerprint density at radius 3 is 2.57 bits per heavy atom. The zero-order chi connectivity index (χ0) is 20.4. The van der Waals surface area contributed by atoms with Crippen LogP contribution in [0.1, 0.15) is 25.0 Å². The van der Waals surface area contributed by atoms with Gasteiger partial charge in [-0.05, 0) is 38.1 Å². The summed E-state index contributed by atoms with van der Waals surface area (Å²) >= 11 is 0. The molecule has 2 rings (SSSR count). The number of hydrogen-bond donors (Lipinski definition) is 1. The number of ether oxygens (including phenoxy) is 3. The Balaban J connectivity index is 1.88. The minimum Gasteiger partial charge on any atom is -0.496 e. The van der Waals surface area contributed by atoms with Crippen molar-refractivity contribution in [3.63, 3.8) is 0 Å². The van der Waals surface area contributed by atoms with Gasteiger partial charge in [-0.2, -0.15) is 0 Å². The topological polar surface area (TPSA) is 78.4 Å². The third kappa shape index (κ3) is 5.90. The molecule has 0 aliphatic carbocycles. The lowest BCUT2D eigenvalue weighted by Crippen LogP contribution is -2.33. The van der Waals surface area contributed by atoms with Gasteiger partial charge in [-0.15, -0.1) is 0 Å². The Kier molecular flexibility index (Phi) is 8.14. The minimum absolute atomic E-state index is 0.271. The van der Waals surface area contributed by atoms with Crippen LogP contribution in [0.5, 0.6) is 17.2 Å². The molecule has 0 saturated heterocycles. The largest absolute Gasteiger partial charge is 0.496 e. The number of para-hydroxylation sites is 1. The zero-order valence-corrected chi connectivity index (χ0v) is 16.6. The van der Waals surface area contributed by atoms with Crippen LogP contribution in [-0.4, -0.2) is 39.1 Å². The second-order valence-electron chi connectivity index (χ2n) is 5.86. The Bertz CT molecular complexity index is 807. The first-order valence-electron chi connectivity index (χ1n) is 8.98. The van der Waals surface area contributed by atoms with Crippen LogP contribution in [0.2, 0.25) is 0 Å². The quantitative estimate of drug-likeness (QED) is 0.501. The molecule has 0 bridgehead atoms. The summed E-state index contributed by atoms with van der Waals surface area (Å²) in [7, 11) is 3.17. The van der Waals surface area contributed by atoms with E-state index < -0.39 is 6.10 Å². The molecule has 0 fully saturated rings. The van der Waals surface area contributed by atoms with Crippen LogP contribution in [0.25, 0.3) is 0 Å². The smallest absolute Gasteiger partial charge is 0.263 e. The summed E-state index contributed by atoms with van der Waals surface area (Å²) in [6.07, 6.45) is 0.776. The van der Waals surface area contributed by atoms with Gasteiger partial charge in [-0.1, -0.05) is 23.4 Å². The average Bonchev–Trinajstić information content (AvgIpc) is 2.73. The summed E-state index contributed by atoms with van der Waals surface area (Å²) in [5.74, 6) is 1.71. The van der Waals surface area contributed by atoms with Crippen molar-refractivity contribution in [2.45, 2.75) is 26.5 Å². The summed E-state index contributed by atoms with van der Waals surface area (Å²) in [4.78, 5) is 17.4. The van der Waals surface area contributed by atoms with Gasteiger partial charge in [0.2, 0.25) is 6.10 Å². The molecular weight excluding hydrogens is 360 g/mol. The predicted octanol–water partition coefficient (Wildman–Crippen LogP) is 3.16. The van der Waals surface area contributed by atoms with Gasteiger partial charge in [-0.25, -0.2) is 0 Å². The van der Waals surface area contributed by atoms with Crippen molar-refractivity contribution in [1.82, 2.24) is 5.32 Å². The summed E-state index contributed by atoms with van der Waals surface area (Å²) in [5, 5.41) is 6.70. The molecule has 1 atom stereocenters. The lowest BCUT2D eigenvalue weighted by molar-refractivity contribution is -0.131. The van der Waals surface area contributed by atoms with E-state index >= 15 is 0 Å². The molecule has 7 heteroatoms. The molecule has 2 aromatic carbocycles. The molecule has 150 valence electrons. The Hall–Kier alpha value is -3.22. The van der Waals surface area contributed by atoms with Crippen molar-refractivity contribution in [3.05, 3.63) is 53.6 Å². The minimum atomic E-state index is -0.740. The molecule has 0 aliphatic rings. The predicted molar refractivity (Wildman–Crippen MR) is 107 cm³/mol. The van der Waals surface area contributed by atoms with Crippen LogP contribution >= 0.6 is 0 Å². The number of hydrogen-bond acceptors (Lipinski definition) is 6. The first-order chi connectivity index (χ1) is 13.6. The van der Waals surface area contributed by atoms with Crippen molar-refractivity contribution in [2.24, 2.45) is 5.16 Å². The SMILES string of the molecule is CCOc1ccc(/C=N/OC(C)C(=O)NCc2ccccc2OC)cc1OC. The monoisotopic (exact) mass is 386 g/mol. The van der Waals surface area contributed by atoms with Crippen molar-refractivity contribution >= 4 is 12.1 Å². The number of methoxy groups -OCH3 is 2. The summed E-state index contributed by atoms with van der Waals surface area (Å²) in [6, 6.07) is 12.9. The maximum atomic E-state index is 12.2. The van der Waals surface area contributed by atoms with Crippen LogP contribution in [0.3, 0.4) is 0 Å². The van der Waals surface area contributed by atoms with Gasteiger partial charge in [0, 0.05) is 17.7 Å². The number of carbonyl (C=O) groups is 1. The highest BCUT2D eigenvalue weighted by Gasteiger charge is 2.14. The van der Waals surface area contributed by atoms with E-state index in [1.54, 1.807) is 33.3 Å². The molecule has 0 spiro atoms. The van der Waals surface area contributed by atoms with Crippen molar-refractivity contribution in [3.8, 4) is 17.2 Å². The first kappa shape index (κ1) is 21.1. The fraction of sp³-hybridized carbons (Fsp3) is 0.333. The lowest BCUT2D eigenvalue weighted by atomic mass is 10.2. The first-order valence-corrected chi connectivity index (χ1v) is 8.98. The van der Waals surface area contributed by atoms with E-state index in [1.165, 1.54) is 6.21 Å². The molecule has 0 aromatic heterocycles. The molecule has 0 aliphatic heterocycles. The second kappa shape index (κ2) is 10.8. The summed E-state index contributed by atoms with van der Waals surface area (Å²) in [5.41, 5.74) is 1.65. The van der Waals surface area contributed by atoms with Crippen LogP contribution in [0.4, 0.5) is 0 Å². The van der Waals surface area contributed by atoms with Gasteiger partial charge in [0.25, 0.3) is 5.91 Å². The maximum Gasteiger partial charge on any atom is 0.263 e. The van der Waals surface area contributed by atoms with Gasteiger partial charge in [-0.3, -0.25) is 4.79 Å². The Morgan fingerprint density at radius 2 is 1.86 bits per heavy atom. The molecule has 1 unspecified atom stereocenters. The number of amides is 1. The molecule has 0 saturated carbocycles. The van der Waals surface area contributed by atoms with Crippen LogP contribution in [0, 0.1) is 0 Å². The molecule has 28 heavy (non-hydrogen) atoms. The van der Waals surface area contributed by atoms with Crippen LogP contribution in [-0.2, 0) is 16.2 Å². The molecule has 0 heterocycles.